The lowest BCUT2D eigenvalue weighted by Gasteiger charge is -2.13. The van der Waals surface area contributed by atoms with Crippen LogP contribution in [-0.4, -0.2) is 24.0 Å². The van der Waals surface area contributed by atoms with Crippen molar-refractivity contribution in [2.45, 2.75) is 32.2 Å². The number of amides is 1. The number of nitrogens with one attached hydrogen (secondary N) is 1. The molecular formula is C22H24N2O2S. The average molecular weight is 381 g/mol. The van der Waals surface area contributed by atoms with Gasteiger partial charge in [-0.25, -0.2) is 4.98 Å². The first-order valence-electron chi connectivity index (χ1n) is 9.06. The summed E-state index contributed by atoms with van der Waals surface area (Å²) in [5.41, 5.74) is 3.13. The molecule has 140 valence electrons. The van der Waals surface area contributed by atoms with Gasteiger partial charge in [0, 0.05) is 17.0 Å². The number of thiazole rings is 1. The second-order valence-electron chi connectivity index (χ2n) is 6.54. The Morgan fingerprint density at radius 1 is 1.15 bits per heavy atom. The van der Waals surface area contributed by atoms with Crippen LogP contribution in [0.15, 0.2) is 60.0 Å². The van der Waals surface area contributed by atoms with Gasteiger partial charge in [0.2, 0.25) is 5.91 Å². The van der Waals surface area contributed by atoms with E-state index in [1.165, 1.54) is 5.56 Å². The second kappa shape index (κ2) is 9.33. The van der Waals surface area contributed by atoms with Crippen molar-refractivity contribution in [2.24, 2.45) is 0 Å². The van der Waals surface area contributed by atoms with Crippen molar-refractivity contribution in [1.29, 1.82) is 0 Å². The molecule has 0 saturated carbocycles. The first kappa shape index (κ1) is 19.1. The first-order valence-corrected chi connectivity index (χ1v) is 9.94. The van der Waals surface area contributed by atoms with Crippen LogP contribution in [0.3, 0.4) is 0 Å². The standard InChI is InChI=1S/C22H24N2O2S/c1-16(8-9-17-6-4-3-5-7-17)23-21(25)14-19-15-27-22(24-19)18-10-12-20(26-2)13-11-18/h3-7,10-13,15-16H,8-9,14H2,1-2H3,(H,23,25). The fraction of sp³-hybridized carbons (Fsp3) is 0.273. The normalized spacial score (nSPS) is 11.8. The molecule has 5 heteroatoms. The van der Waals surface area contributed by atoms with Crippen molar-refractivity contribution in [3.8, 4) is 16.3 Å². The number of carbonyl (C=O) groups excluding carboxylic acids is 1. The van der Waals surface area contributed by atoms with E-state index in [1.54, 1.807) is 18.4 Å². The van der Waals surface area contributed by atoms with E-state index < -0.39 is 0 Å². The minimum Gasteiger partial charge on any atom is -0.497 e. The van der Waals surface area contributed by atoms with E-state index in [4.69, 9.17) is 4.74 Å². The molecule has 0 fully saturated rings. The van der Waals surface area contributed by atoms with Crippen molar-refractivity contribution < 1.29 is 9.53 Å². The summed E-state index contributed by atoms with van der Waals surface area (Å²) in [5, 5.41) is 5.94. The highest BCUT2D eigenvalue weighted by atomic mass is 32.1. The number of aryl methyl sites for hydroxylation is 1. The van der Waals surface area contributed by atoms with Gasteiger partial charge in [0.25, 0.3) is 0 Å². The molecule has 27 heavy (non-hydrogen) atoms. The van der Waals surface area contributed by atoms with Gasteiger partial charge in [0.15, 0.2) is 0 Å². The smallest absolute Gasteiger partial charge is 0.226 e. The summed E-state index contributed by atoms with van der Waals surface area (Å²) in [6.07, 6.45) is 2.19. The molecule has 2 aromatic carbocycles. The minimum atomic E-state index is 0.0159. The Bertz CT molecular complexity index is 860. The Morgan fingerprint density at radius 2 is 1.89 bits per heavy atom. The number of ether oxygens (including phenoxy) is 1. The van der Waals surface area contributed by atoms with E-state index in [0.717, 1.165) is 34.9 Å². The lowest BCUT2D eigenvalue weighted by molar-refractivity contribution is -0.121. The summed E-state index contributed by atoms with van der Waals surface area (Å²) < 4.78 is 5.18. The maximum Gasteiger partial charge on any atom is 0.226 e. The number of carbonyl (C=O) groups is 1. The predicted octanol–water partition coefficient (Wildman–Crippen LogP) is 4.50. The van der Waals surface area contributed by atoms with Crippen LogP contribution in [0.1, 0.15) is 24.6 Å². The third-order valence-electron chi connectivity index (χ3n) is 4.35. The quantitative estimate of drug-likeness (QED) is 0.626. The number of hydrogen-bond donors (Lipinski definition) is 1. The van der Waals surface area contributed by atoms with Gasteiger partial charge in [0.05, 0.1) is 19.2 Å². The highest BCUT2D eigenvalue weighted by Crippen LogP contribution is 2.25. The fourth-order valence-corrected chi connectivity index (χ4v) is 3.67. The fourth-order valence-electron chi connectivity index (χ4n) is 2.84. The van der Waals surface area contributed by atoms with Gasteiger partial charge >= 0.3 is 0 Å². The van der Waals surface area contributed by atoms with Crippen molar-refractivity contribution in [3.63, 3.8) is 0 Å². The number of aromatic nitrogens is 1. The summed E-state index contributed by atoms with van der Waals surface area (Å²) in [6.45, 7) is 2.05. The minimum absolute atomic E-state index is 0.0159. The molecule has 1 unspecified atom stereocenters. The average Bonchev–Trinajstić information content (AvgIpc) is 3.15. The van der Waals surface area contributed by atoms with Gasteiger partial charge in [-0.15, -0.1) is 11.3 Å². The summed E-state index contributed by atoms with van der Waals surface area (Å²) in [5.74, 6) is 0.835. The highest BCUT2D eigenvalue weighted by molar-refractivity contribution is 7.13. The molecule has 0 aliphatic carbocycles. The Labute approximate surface area is 164 Å². The van der Waals surface area contributed by atoms with Crippen molar-refractivity contribution in [2.75, 3.05) is 7.11 Å². The van der Waals surface area contributed by atoms with Crippen molar-refractivity contribution in [3.05, 3.63) is 71.2 Å². The van der Waals surface area contributed by atoms with E-state index >= 15 is 0 Å². The number of rotatable bonds is 8. The van der Waals surface area contributed by atoms with Crippen LogP contribution in [0, 0.1) is 0 Å². The monoisotopic (exact) mass is 380 g/mol. The van der Waals surface area contributed by atoms with E-state index in [1.807, 2.05) is 54.8 Å². The molecular weight excluding hydrogens is 356 g/mol. The van der Waals surface area contributed by atoms with E-state index in [0.29, 0.717) is 6.42 Å². The third-order valence-corrected chi connectivity index (χ3v) is 5.29. The zero-order valence-electron chi connectivity index (χ0n) is 15.6. The van der Waals surface area contributed by atoms with Gasteiger partial charge in [0.1, 0.15) is 10.8 Å². The summed E-state index contributed by atoms with van der Waals surface area (Å²) in [7, 11) is 1.65. The van der Waals surface area contributed by atoms with Crippen LogP contribution in [0.25, 0.3) is 10.6 Å². The maximum atomic E-state index is 12.3. The molecule has 0 saturated heterocycles. The summed E-state index contributed by atoms with van der Waals surface area (Å²) >= 11 is 1.55. The number of nitrogens with zero attached hydrogens (tertiary/aromatic N) is 1. The molecule has 0 bridgehead atoms. The van der Waals surface area contributed by atoms with Crippen LogP contribution in [0.2, 0.25) is 0 Å². The molecule has 1 aromatic heterocycles. The van der Waals surface area contributed by atoms with Crippen molar-refractivity contribution in [1.82, 2.24) is 10.3 Å². The molecule has 4 nitrogen and oxygen atoms in total. The number of hydrogen-bond acceptors (Lipinski definition) is 4. The highest BCUT2D eigenvalue weighted by Gasteiger charge is 2.12. The third kappa shape index (κ3) is 5.66. The second-order valence-corrected chi connectivity index (χ2v) is 7.40. The lowest BCUT2D eigenvalue weighted by Crippen LogP contribution is -2.34. The molecule has 1 amide bonds. The molecule has 3 aromatic rings. The zero-order valence-corrected chi connectivity index (χ0v) is 16.5. The van der Waals surface area contributed by atoms with E-state index in [2.05, 4.69) is 22.4 Å². The number of methoxy groups -OCH3 is 1. The summed E-state index contributed by atoms with van der Waals surface area (Å²) in [6, 6.07) is 18.3. The maximum absolute atomic E-state index is 12.3. The molecule has 0 spiro atoms. The predicted molar refractivity (Wildman–Crippen MR) is 110 cm³/mol. The van der Waals surface area contributed by atoms with Crippen LogP contribution in [0.5, 0.6) is 5.75 Å². The van der Waals surface area contributed by atoms with Gasteiger partial charge in [-0.1, -0.05) is 30.3 Å². The topological polar surface area (TPSA) is 51.2 Å². The Morgan fingerprint density at radius 3 is 2.59 bits per heavy atom. The molecule has 0 radical (unpaired) electrons. The van der Waals surface area contributed by atoms with Gasteiger partial charge in [-0.3, -0.25) is 4.79 Å². The van der Waals surface area contributed by atoms with Crippen LogP contribution >= 0.6 is 11.3 Å². The first-order chi connectivity index (χ1) is 13.1. The van der Waals surface area contributed by atoms with E-state index in [-0.39, 0.29) is 11.9 Å². The number of benzene rings is 2. The molecule has 1 heterocycles. The van der Waals surface area contributed by atoms with Gasteiger partial charge < -0.3 is 10.1 Å². The Balaban J connectivity index is 1.49. The molecule has 0 aliphatic rings. The van der Waals surface area contributed by atoms with Crippen LogP contribution in [-0.2, 0) is 17.6 Å². The SMILES string of the molecule is COc1ccc(-c2nc(CC(=O)NC(C)CCc3ccccc3)cs2)cc1. The van der Waals surface area contributed by atoms with E-state index in [9.17, 15) is 4.79 Å². The molecule has 0 aliphatic heterocycles. The van der Waals surface area contributed by atoms with Gasteiger partial charge in [-0.2, -0.15) is 0 Å². The van der Waals surface area contributed by atoms with Crippen molar-refractivity contribution >= 4 is 17.2 Å². The molecule has 3 rings (SSSR count). The Hall–Kier alpha value is -2.66. The molecule has 1 atom stereocenters. The lowest BCUT2D eigenvalue weighted by atomic mass is 10.1. The summed E-state index contributed by atoms with van der Waals surface area (Å²) in [4.78, 5) is 16.9. The largest absolute Gasteiger partial charge is 0.497 e. The van der Waals surface area contributed by atoms with Crippen LogP contribution in [0.4, 0.5) is 0 Å². The van der Waals surface area contributed by atoms with Gasteiger partial charge in [-0.05, 0) is 49.6 Å². The Kier molecular flexibility index (Phi) is 6.60. The zero-order chi connectivity index (χ0) is 19.1. The van der Waals surface area contributed by atoms with Crippen LogP contribution < -0.4 is 10.1 Å². The molecule has 1 N–H and O–H groups in total.